The molecule has 1 amide bonds. The third-order valence-electron chi connectivity index (χ3n) is 6.09. The summed E-state index contributed by atoms with van der Waals surface area (Å²) in [7, 11) is -6.86. The van der Waals surface area contributed by atoms with Gasteiger partial charge in [0.25, 0.3) is 5.91 Å². The Labute approximate surface area is 195 Å². The molecule has 178 valence electrons. The summed E-state index contributed by atoms with van der Waals surface area (Å²) >= 11 is 0. The van der Waals surface area contributed by atoms with Gasteiger partial charge in [0.15, 0.2) is 0 Å². The molecule has 1 N–H and O–H groups in total. The van der Waals surface area contributed by atoms with Crippen molar-refractivity contribution in [3.63, 3.8) is 0 Å². The Morgan fingerprint density at radius 2 is 1.27 bits per heavy atom. The number of carbonyl (C=O) groups excluding carboxylic acids is 1. The van der Waals surface area contributed by atoms with Crippen LogP contribution in [0.15, 0.2) is 53.4 Å². The van der Waals surface area contributed by atoms with E-state index in [2.05, 4.69) is 5.32 Å². The summed E-state index contributed by atoms with van der Waals surface area (Å²) in [4.78, 5) is 12.8. The number of benzene rings is 2. The number of piperidine rings is 1. The number of sulfonamides is 2. The number of anilines is 1. The predicted molar refractivity (Wildman–Crippen MR) is 127 cm³/mol. The Morgan fingerprint density at radius 3 is 1.88 bits per heavy atom. The van der Waals surface area contributed by atoms with Crippen LogP contribution in [-0.4, -0.2) is 57.5 Å². The first-order chi connectivity index (χ1) is 15.8. The molecule has 0 unspecified atom stereocenters. The zero-order chi connectivity index (χ0) is 23.5. The van der Waals surface area contributed by atoms with Crippen LogP contribution in [0.1, 0.15) is 48.0 Å². The van der Waals surface area contributed by atoms with Crippen LogP contribution in [0.5, 0.6) is 0 Å². The molecule has 2 heterocycles. The molecule has 10 heteroatoms. The van der Waals surface area contributed by atoms with Crippen LogP contribution in [0.4, 0.5) is 5.69 Å². The number of nitrogens with one attached hydrogen (secondary N) is 1. The van der Waals surface area contributed by atoms with Crippen LogP contribution in [0, 0.1) is 0 Å². The van der Waals surface area contributed by atoms with E-state index >= 15 is 0 Å². The smallest absolute Gasteiger partial charge is 0.255 e. The zero-order valence-electron chi connectivity index (χ0n) is 18.4. The predicted octanol–water partition coefficient (Wildman–Crippen LogP) is 3.04. The Morgan fingerprint density at radius 1 is 0.727 bits per heavy atom. The Hall–Kier alpha value is -2.27. The van der Waals surface area contributed by atoms with E-state index in [-0.39, 0.29) is 16.6 Å². The highest BCUT2D eigenvalue weighted by Crippen LogP contribution is 2.22. The molecular weight excluding hydrogens is 462 g/mol. The molecular formula is C23H29N3O5S2. The van der Waals surface area contributed by atoms with Gasteiger partial charge in [-0.2, -0.15) is 4.31 Å². The van der Waals surface area contributed by atoms with Gasteiger partial charge in [0.2, 0.25) is 20.0 Å². The summed E-state index contributed by atoms with van der Waals surface area (Å²) in [6.07, 6.45) is 4.58. The van der Waals surface area contributed by atoms with Crippen LogP contribution < -0.4 is 5.32 Å². The van der Waals surface area contributed by atoms with Gasteiger partial charge in [0.05, 0.1) is 10.6 Å². The molecule has 2 saturated heterocycles. The highest BCUT2D eigenvalue weighted by atomic mass is 32.2. The van der Waals surface area contributed by atoms with Gasteiger partial charge in [-0.15, -0.1) is 0 Å². The van der Waals surface area contributed by atoms with Gasteiger partial charge in [-0.25, -0.2) is 21.1 Å². The lowest BCUT2D eigenvalue weighted by atomic mass is 10.1. The normalized spacial score (nSPS) is 18.3. The maximum Gasteiger partial charge on any atom is 0.255 e. The molecule has 8 nitrogen and oxygen atoms in total. The number of hydrogen-bond donors (Lipinski definition) is 1. The monoisotopic (exact) mass is 491 g/mol. The zero-order valence-corrected chi connectivity index (χ0v) is 20.1. The van der Waals surface area contributed by atoms with Crippen molar-refractivity contribution in [1.82, 2.24) is 8.61 Å². The maximum atomic E-state index is 12.7. The molecule has 33 heavy (non-hydrogen) atoms. The second-order valence-electron chi connectivity index (χ2n) is 8.50. The standard InChI is InChI=1S/C23H29N3O5S2/c27-23(20-8-6-19(7-9-20)18-32(28,29)25-14-4-5-15-25)24-21-10-12-22(13-11-21)33(30,31)26-16-2-1-3-17-26/h6-13H,1-5,14-18H2,(H,24,27). The highest BCUT2D eigenvalue weighted by molar-refractivity contribution is 7.89. The maximum absolute atomic E-state index is 12.7. The van der Waals surface area contributed by atoms with E-state index < -0.39 is 20.0 Å². The molecule has 0 atom stereocenters. The lowest BCUT2D eigenvalue weighted by Crippen LogP contribution is -2.35. The highest BCUT2D eigenvalue weighted by Gasteiger charge is 2.26. The first-order valence-electron chi connectivity index (χ1n) is 11.2. The van der Waals surface area contributed by atoms with Crippen LogP contribution in [-0.2, 0) is 25.8 Å². The second-order valence-corrected chi connectivity index (χ2v) is 12.4. The van der Waals surface area contributed by atoms with E-state index in [1.807, 2.05) is 0 Å². The number of amides is 1. The lowest BCUT2D eigenvalue weighted by molar-refractivity contribution is 0.102. The molecule has 0 saturated carbocycles. The second kappa shape index (κ2) is 9.92. The van der Waals surface area contributed by atoms with Gasteiger partial charge in [-0.3, -0.25) is 4.79 Å². The Balaban J connectivity index is 1.38. The van der Waals surface area contributed by atoms with Gasteiger partial charge in [-0.05, 0) is 67.6 Å². The molecule has 0 aromatic heterocycles. The third kappa shape index (κ3) is 5.63. The molecule has 2 aliphatic rings. The van der Waals surface area contributed by atoms with Crippen molar-refractivity contribution in [2.24, 2.45) is 0 Å². The average molecular weight is 492 g/mol. The quantitative estimate of drug-likeness (QED) is 0.641. The van der Waals surface area contributed by atoms with Crippen molar-refractivity contribution in [2.75, 3.05) is 31.5 Å². The van der Waals surface area contributed by atoms with Crippen molar-refractivity contribution >= 4 is 31.6 Å². The van der Waals surface area contributed by atoms with Gasteiger partial charge in [-0.1, -0.05) is 18.6 Å². The van der Waals surface area contributed by atoms with Gasteiger partial charge < -0.3 is 5.32 Å². The molecule has 0 spiro atoms. The van der Waals surface area contributed by atoms with Crippen LogP contribution in [0.25, 0.3) is 0 Å². The summed E-state index contributed by atoms with van der Waals surface area (Å²) in [5.74, 6) is -0.433. The van der Waals surface area contributed by atoms with E-state index in [9.17, 15) is 21.6 Å². The summed E-state index contributed by atoms with van der Waals surface area (Å²) in [5.41, 5.74) is 1.51. The molecule has 0 bridgehead atoms. The van der Waals surface area contributed by atoms with Crippen LogP contribution >= 0.6 is 0 Å². The summed E-state index contributed by atoms with van der Waals surface area (Å²) in [6.45, 7) is 2.22. The Bertz CT molecular complexity index is 1180. The number of nitrogens with zero attached hydrogens (tertiary/aromatic N) is 2. The SMILES string of the molecule is O=C(Nc1ccc(S(=O)(=O)N2CCCCC2)cc1)c1ccc(CS(=O)(=O)N2CCCC2)cc1. The van der Waals surface area contributed by atoms with E-state index in [0.717, 1.165) is 32.1 Å². The first-order valence-corrected chi connectivity index (χ1v) is 14.3. The van der Waals surface area contributed by atoms with Gasteiger partial charge in [0.1, 0.15) is 0 Å². The lowest BCUT2D eigenvalue weighted by Gasteiger charge is -2.25. The van der Waals surface area contributed by atoms with Crippen LogP contribution in [0.3, 0.4) is 0 Å². The minimum absolute atomic E-state index is 0.0815. The molecule has 2 aromatic carbocycles. The fourth-order valence-corrected chi connectivity index (χ4v) is 7.32. The number of hydrogen-bond acceptors (Lipinski definition) is 5. The van der Waals surface area contributed by atoms with Crippen LogP contribution in [0.2, 0.25) is 0 Å². The molecule has 0 aliphatic carbocycles. The van der Waals surface area contributed by atoms with Gasteiger partial charge in [0, 0.05) is 37.4 Å². The topological polar surface area (TPSA) is 104 Å². The van der Waals surface area contributed by atoms with Crippen molar-refractivity contribution in [2.45, 2.75) is 42.8 Å². The summed E-state index contributed by atoms with van der Waals surface area (Å²) in [5, 5.41) is 2.76. The van der Waals surface area contributed by atoms with E-state index in [1.54, 1.807) is 36.4 Å². The van der Waals surface area contributed by atoms with E-state index in [4.69, 9.17) is 0 Å². The van der Waals surface area contributed by atoms with E-state index in [0.29, 0.717) is 43.0 Å². The van der Waals surface area contributed by atoms with Crippen molar-refractivity contribution in [3.8, 4) is 0 Å². The first kappa shape index (κ1) is 23.9. The van der Waals surface area contributed by atoms with Crippen molar-refractivity contribution < 1.29 is 21.6 Å². The fourth-order valence-electron chi connectivity index (χ4n) is 4.19. The third-order valence-corrected chi connectivity index (χ3v) is 9.85. The molecule has 2 aliphatic heterocycles. The summed E-state index contributed by atoms with van der Waals surface area (Å²) < 4.78 is 53.5. The fraction of sp³-hybridized carbons (Fsp3) is 0.435. The number of carbonyl (C=O) groups is 1. The summed E-state index contributed by atoms with van der Waals surface area (Å²) in [6, 6.07) is 12.7. The van der Waals surface area contributed by atoms with Crippen molar-refractivity contribution in [1.29, 1.82) is 0 Å². The molecule has 4 rings (SSSR count). The minimum atomic E-state index is -3.52. The van der Waals surface area contributed by atoms with Crippen molar-refractivity contribution in [3.05, 3.63) is 59.7 Å². The number of rotatable bonds is 7. The molecule has 0 radical (unpaired) electrons. The average Bonchev–Trinajstić information content (AvgIpc) is 3.36. The minimum Gasteiger partial charge on any atom is -0.322 e. The van der Waals surface area contributed by atoms with Gasteiger partial charge >= 0.3 is 0 Å². The Kier molecular flexibility index (Phi) is 7.18. The molecule has 2 aromatic rings. The molecule has 2 fully saturated rings. The largest absolute Gasteiger partial charge is 0.322 e. The van der Waals surface area contributed by atoms with E-state index in [1.165, 1.54) is 20.7 Å².